The molecule has 100 valence electrons. The maximum atomic E-state index is 10.4. The minimum absolute atomic E-state index is 0.665. The maximum Gasteiger partial charge on any atom is 0.122 e. The first-order valence-corrected chi connectivity index (χ1v) is 6.28. The summed E-state index contributed by atoms with van der Waals surface area (Å²) < 4.78 is 5.28. The Bertz CT molecular complexity index is 576. The Kier molecular flexibility index (Phi) is 3.86. The largest absolute Gasteiger partial charge is 0.496 e. The Morgan fingerprint density at radius 2 is 1.84 bits per heavy atom. The van der Waals surface area contributed by atoms with Crippen LogP contribution < -0.4 is 4.74 Å². The molecule has 0 saturated carbocycles. The van der Waals surface area contributed by atoms with Gasteiger partial charge in [-0.1, -0.05) is 6.07 Å². The first kappa shape index (κ1) is 13.6. The molecule has 0 aliphatic carbocycles. The number of aryl methyl sites for hydroxylation is 3. The molecule has 0 fully saturated rings. The Labute approximate surface area is 113 Å². The third kappa shape index (κ3) is 2.76. The Morgan fingerprint density at radius 1 is 1.11 bits per heavy atom. The summed E-state index contributed by atoms with van der Waals surface area (Å²) in [5.41, 5.74) is 4.62. The second-order valence-electron chi connectivity index (χ2n) is 4.84. The van der Waals surface area contributed by atoms with E-state index in [1.807, 2.05) is 45.0 Å². The number of pyridine rings is 1. The molecule has 1 atom stereocenters. The van der Waals surface area contributed by atoms with Crippen LogP contribution in [0.3, 0.4) is 0 Å². The van der Waals surface area contributed by atoms with E-state index in [2.05, 4.69) is 4.98 Å². The first-order valence-electron chi connectivity index (χ1n) is 6.28. The number of nitrogens with zero attached hydrogens (tertiary/aromatic N) is 1. The van der Waals surface area contributed by atoms with Gasteiger partial charge >= 0.3 is 0 Å². The highest BCUT2D eigenvalue weighted by atomic mass is 16.5. The molecule has 1 heterocycles. The van der Waals surface area contributed by atoms with Gasteiger partial charge in [0.2, 0.25) is 0 Å². The summed E-state index contributed by atoms with van der Waals surface area (Å²) in [7, 11) is 1.65. The second-order valence-corrected chi connectivity index (χ2v) is 4.84. The number of rotatable bonds is 3. The number of methoxy groups -OCH3 is 1. The van der Waals surface area contributed by atoms with Crippen LogP contribution in [0.15, 0.2) is 30.5 Å². The van der Waals surface area contributed by atoms with Gasteiger partial charge in [0.15, 0.2) is 0 Å². The fourth-order valence-electron chi connectivity index (χ4n) is 2.13. The SMILES string of the molecule is COc1cc(C)c(C(O)c2ccc(C)cn2)cc1C. The predicted octanol–water partition coefficient (Wildman–Crippen LogP) is 3.10. The van der Waals surface area contributed by atoms with Gasteiger partial charge in [-0.2, -0.15) is 0 Å². The molecule has 3 nitrogen and oxygen atoms in total. The van der Waals surface area contributed by atoms with Gasteiger partial charge in [-0.15, -0.1) is 0 Å². The van der Waals surface area contributed by atoms with Gasteiger partial charge in [0.25, 0.3) is 0 Å². The molecule has 3 heteroatoms. The van der Waals surface area contributed by atoms with E-state index >= 15 is 0 Å². The van der Waals surface area contributed by atoms with Crippen molar-refractivity contribution in [3.8, 4) is 5.75 Å². The molecule has 1 aromatic heterocycles. The van der Waals surface area contributed by atoms with E-state index in [-0.39, 0.29) is 0 Å². The zero-order valence-corrected chi connectivity index (χ0v) is 11.8. The van der Waals surface area contributed by atoms with Crippen molar-refractivity contribution < 1.29 is 9.84 Å². The molecule has 0 bridgehead atoms. The highest BCUT2D eigenvalue weighted by Crippen LogP contribution is 2.29. The lowest BCUT2D eigenvalue weighted by molar-refractivity contribution is 0.214. The molecule has 0 radical (unpaired) electrons. The Hall–Kier alpha value is -1.87. The second kappa shape index (κ2) is 5.41. The van der Waals surface area contributed by atoms with Gasteiger partial charge in [-0.25, -0.2) is 0 Å². The van der Waals surface area contributed by atoms with E-state index < -0.39 is 6.10 Å². The molecule has 2 rings (SSSR count). The monoisotopic (exact) mass is 257 g/mol. The fourth-order valence-corrected chi connectivity index (χ4v) is 2.13. The maximum absolute atomic E-state index is 10.4. The van der Waals surface area contributed by atoms with Gasteiger partial charge < -0.3 is 9.84 Å². The van der Waals surface area contributed by atoms with Crippen molar-refractivity contribution in [3.63, 3.8) is 0 Å². The number of aliphatic hydroxyl groups excluding tert-OH is 1. The molecular formula is C16H19NO2. The number of aliphatic hydroxyl groups is 1. The van der Waals surface area contributed by atoms with Crippen LogP contribution in [-0.2, 0) is 0 Å². The van der Waals surface area contributed by atoms with Crippen molar-refractivity contribution in [2.45, 2.75) is 26.9 Å². The van der Waals surface area contributed by atoms with E-state index in [1.54, 1.807) is 13.3 Å². The number of benzene rings is 1. The fraction of sp³-hybridized carbons (Fsp3) is 0.312. The number of aromatic nitrogens is 1. The van der Waals surface area contributed by atoms with Gasteiger partial charge in [-0.05, 0) is 61.2 Å². The molecule has 1 aromatic carbocycles. The predicted molar refractivity (Wildman–Crippen MR) is 75.5 cm³/mol. The normalized spacial score (nSPS) is 12.3. The third-order valence-corrected chi connectivity index (χ3v) is 3.29. The van der Waals surface area contributed by atoms with E-state index in [4.69, 9.17) is 4.74 Å². The van der Waals surface area contributed by atoms with Crippen molar-refractivity contribution in [3.05, 3.63) is 58.4 Å². The lowest BCUT2D eigenvalue weighted by Crippen LogP contribution is -2.05. The quantitative estimate of drug-likeness (QED) is 0.918. The van der Waals surface area contributed by atoms with E-state index in [1.165, 1.54) is 0 Å². The molecule has 2 aromatic rings. The molecule has 0 amide bonds. The van der Waals surface area contributed by atoms with Crippen LogP contribution in [0, 0.1) is 20.8 Å². The van der Waals surface area contributed by atoms with Gasteiger partial charge in [0.05, 0.1) is 12.8 Å². The third-order valence-electron chi connectivity index (χ3n) is 3.29. The average molecular weight is 257 g/mol. The first-order chi connectivity index (χ1) is 9.02. The lowest BCUT2D eigenvalue weighted by Gasteiger charge is -2.16. The average Bonchev–Trinajstić information content (AvgIpc) is 2.41. The minimum Gasteiger partial charge on any atom is -0.496 e. The van der Waals surface area contributed by atoms with Crippen molar-refractivity contribution in [2.75, 3.05) is 7.11 Å². The standard InChI is InChI=1S/C16H19NO2/c1-10-5-6-14(17-9-10)16(18)13-7-12(3)15(19-4)8-11(13)2/h5-9,16,18H,1-4H3. The summed E-state index contributed by atoms with van der Waals surface area (Å²) in [6, 6.07) is 7.72. The summed E-state index contributed by atoms with van der Waals surface area (Å²) in [6.07, 6.45) is 1.06. The molecule has 0 saturated heterocycles. The summed E-state index contributed by atoms with van der Waals surface area (Å²) in [6.45, 7) is 5.91. The number of ether oxygens (including phenoxy) is 1. The van der Waals surface area contributed by atoms with Crippen LogP contribution in [0.25, 0.3) is 0 Å². The van der Waals surface area contributed by atoms with E-state index in [0.717, 1.165) is 28.0 Å². The van der Waals surface area contributed by atoms with Crippen LogP contribution >= 0.6 is 0 Å². The molecule has 0 spiro atoms. The molecular weight excluding hydrogens is 238 g/mol. The topological polar surface area (TPSA) is 42.4 Å². The Balaban J connectivity index is 2.41. The van der Waals surface area contributed by atoms with Crippen molar-refractivity contribution >= 4 is 0 Å². The van der Waals surface area contributed by atoms with Crippen LogP contribution in [0.5, 0.6) is 5.75 Å². The van der Waals surface area contributed by atoms with Gasteiger partial charge in [-0.3, -0.25) is 4.98 Å². The van der Waals surface area contributed by atoms with Gasteiger partial charge in [0.1, 0.15) is 11.9 Å². The molecule has 0 aliphatic heterocycles. The highest BCUT2D eigenvalue weighted by Gasteiger charge is 2.16. The van der Waals surface area contributed by atoms with Crippen molar-refractivity contribution in [2.24, 2.45) is 0 Å². The number of hydrogen-bond acceptors (Lipinski definition) is 3. The Morgan fingerprint density at radius 3 is 2.42 bits per heavy atom. The van der Waals surface area contributed by atoms with Crippen molar-refractivity contribution in [1.29, 1.82) is 0 Å². The summed E-state index contributed by atoms with van der Waals surface area (Å²) in [5.74, 6) is 0.838. The van der Waals surface area contributed by atoms with Crippen molar-refractivity contribution in [1.82, 2.24) is 4.98 Å². The highest BCUT2D eigenvalue weighted by molar-refractivity contribution is 5.44. The van der Waals surface area contributed by atoms with E-state index in [0.29, 0.717) is 5.69 Å². The minimum atomic E-state index is -0.704. The summed E-state index contributed by atoms with van der Waals surface area (Å²) in [5, 5.41) is 10.4. The number of hydrogen-bond donors (Lipinski definition) is 1. The zero-order valence-electron chi connectivity index (χ0n) is 11.8. The molecule has 0 aliphatic rings. The van der Waals surface area contributed by atoms with Crippen LogP contribution in [0.4, 0.5) is 0 Å². The zero-order chi connectivity index (χ0) is 14.0. The van der Waals surface area contributed by atoms with E-state index in [9.17, 15) is 5.11 Å². The summed E-state index contributed by atoms with van der Waals surface area (Å²) in [4.78, 5) is 4.29. The van der Waals surface area contributed by atoms with Crippen LogP contribution in [-0.4, -0.2) is 17.2 Å². The molecule has 1 N–H and O–H groups in total. The van der Waals surface area contributed by atoms with Gasteiger partial charge in [0, 0.05) is 6.20 Å². The van der Waals surface area contributed by atoms with Crippen LogP contribution in [0.1, 0.15) is 34.1 Å². The summed E-state index contributed by atoms with van der Waals surface area (Å²) >= 11 is 0. The molecule has 19 heavy (non-hydrogen) atoms. The lowest BCUT2D eigenvalue weighted by atomic mass is 9.97. The van der Waals surface area contributed by atoms with Crippen LogP contribution in [0.2, 0.25) is 0 Å². The molecule has 1 unspecified atom stereocenters. The smallest absolute Gasteiger partial charge is 0.122 e.